The van der Waals surface area contributed by atoms with Crippen molar-refractivity contribution < 1.29 is 23.9 Å². The van der Waals surface area contributed by atoms with Gasteiger partial charge in [0, 0.05) is 21.0 Å². The lowest BCUT2D eigenvalue weighted by atomic mass is 9.83. The number of esters is 1. The predicted molar refractivity (Wildman–Crippen MR) is 172 cm³/mol. The van der Waals surface area contributed by atoms with E-state index in [4.69, 9.17) is 4.74 Å². The van der Waals surface area contributed by atoms with E-state index in [0.717, 1.165) is 43.6 Å². The molecule has 12 heteroatoms. The standard InChI is InChI=1S/C32H26BrN3O6S2/c1-3-42-31(40)19-10-14-21(15-11-19)36-28(38)25-24(18-8-12-20(33)13-9-18)27-30(43-26(25)29(36)39)35(32(41)44-27)16-23(37)34-22-7-5-4-6-17(22)2/h4-15,24-26H,3,16H2,1-2H3,(H,34,37)/t24-,25-,26+/m0/s1. The Bertz CT molecular complexity index is 1850. The maximum Gasteiger partial charge on any atom is 0.338 e. The summed E-state index contributed by atoms with van der Waals surface area (Å²) < 4.78 is 7.29. The van der Waals surface area contributed by atoms with Gasteiger partial charge in [-0.3, -0.25) is 23.7 Å². The largest absolute Gasteiger partial charge is 0.462 e. The summed E-state index contributed by atoms with van der Waals surface area (Å²) >= 11 is 5.60. The first-order chi connectivity index (χ1) is 21.2. The Morgan fingerprint density at radius 2 is 1.66 bits per heavy atom. The lowest BCUT2D eigenvalue weighted by molar-refractivity contribution is -0.122. The molecule has 3 amide bonds. The maximum absolute atomic E-state index is 14.1. The molecule has 0 bridgehead atoms. The van der Waals surface area contributed by atoms with Crippen LogP contribution in [0.1, 0.15) is 39.2 Å². The number of anilines is 2. The first kappa shape index (κ1) is 30.0. The van der Waals surface area contributed by atoms with E-state index in [0.29, 0.717) is 26.8 Å². The van der Waals surface area contributed by atoms with E-state index in [-0.39, 0.29) is 29.8 Å². The van der Waals surface area contributed by atoms with E-state index in [1.165, 1.54) is 16.7 Å². The topological polar surface area (TPSA) is 115 Å². The van der Waals surface area contributed by atoms with Crippen LogP contribution in [0.3, 0.4) is 0 Å². The van der Waals surface area contributed by atoms with Crippen molar-refractivity contribution in [1.82, 2.24) is 4.57 Å². The van der Waals surface area contributed by atoms with Gasteiger partial charge < -0.3 is 10.1 Å². The molecule has 3 heterocycles. The normalized spacial score (nSPS) is 19.0. The average molecular weight is 693 g/mol. The van der Waals surface area contributed by atoms with E-state index in [1.807, 2.05) is 49.4 Å². The van der Waals surface area contributed by atoms with Crippen molar-refractivity contribution in [1.29, 1.82) is 0 Å². The number of thioether (sulfide) groups is 1. The lowest BCUT2D eigenvalue weighted by Crippen LogP contribution is -2.33. The van der Waals surface area contributed by atoms with Crippen LogP contribution in [0.25, 0.3) is 0 Å². The third kappa shape index (κ3) is 5.42. The number of nitrogens with zero attached hydrogens (tertiary/aromatic N) is 2. The highest BCUT2D eigenvalue weighted by molar-refractivity contribution is 9.10. The quantitative estimate of drug-likeness (QED) is 0.198. The van der Waals surface area contributed by atoms with Gasteiger partial charge in [0.05, 0.1) is 28.8 Å². The average Bonchev–Trinajstić information content (AvgIpc) is 3.45. The van der Waals surface area contributed by atoms with Gasteiger partial charge >= 0.3 is 10.8 Å². The number of ether oxygens (including phenoxy) is 1. The molecule has 0 radical (unpaired) electrons. The minimum atomic E-state index is -0.826. The summed E-state index contributed by atoms with van der Waals surface area (Å²) in [4.78, 5) is 68.1. The fourth-order valence-electron chi connectivity index (χ4n) is 5.55. The number of imide groups is 1. The molecular weight excluding hydrogens is 666 g/mol. The van der Waals surface area contributed by atoms with Gasteiger partial charge in [0.25, 0.3) is 0 Å². The highest BCUT2D eigenvalue weighted by Gasteiger charge is 2.56. The Morgan fingerprint density at radius 1 is 0.955 bits per heavy atom. The molecule has 0 unspecified atom stereocenters. The summed E-state index contributed by atoms with van der Waals surface area (Å²) in [6, 6.07) is 21.0. The van der Waals surface area contributed by atoms with Crippen LogP contribution < -0.4 is 15.1 Å². The summed E-state index contributed by atoms with van der Waals surface area (Å²) in [5.74, 6) is -3.04. The molecule has 224 valence electrons. The second-order valence-electron chi connectivity index (χ2n) is 10.4. The van der Waals surface area contributed by atoms with Crippen molar-refractivity contribution in [3.8, 4) is 0 Å². The van der Waals surface area contributed by atoms with Gasteiger partial charge in [-0.25, -0.2) is 9.69 Å². The number of aryl methyl sites for hydroxylation is 1. The van der Waals surface area contributed by atoms with Crippen LogP contribution in [0.5, 0.6) is 0 Å². The summed E-state index contributed by atoms with van der Waals surface area (Å²) in [5, 5.41) is 2.56. The number of hydrogen-bond donors (Lipinski definition) is 1. The van der Waals surface area contributed by atoms with Crippen molar-refractivity contribution in [2.24, 2.45) is 5.92 Å². The third-order valence-electron chi connectivity index (χ3n) is 7.64. The van der Waals surface area contributed by atoms with Gasteiger partial charge in [0.1, 0.15) is 11.8 Å². The van der Waals surface area contributed by atoms with E-state index in [2.05, 4.69) is 21.2 Å². The maximum atomic E-state index is 14.1. The Morgan fingerprint density at radius 3 is 2.34 bits per heavy atom. The molecule has 3 aromatic carbocycles. The summed E-state index contributed by atoms with van der Waals surface area (Å²) in [6.45, 7) is 3.58. The number of aromatic nitrogens is 1. The molecule has 1 N–H and O–H groups in total. The number of rotatable bonds is 7. The number of hydrogen-bond acceptors (Lipinski definition) is 8. The molecular formula is C32H26BrN3O6S2. The van der Waals surface area contributed by atoms with Crippen molar-refractivity contribution in [3.05, 3.63) is 109 Å². The fourth-order valence-corrected chi connectivity index (χ4v) is 8.58. The Hall–Kier alpha value is -4.00. The van der Waals surface area contributed by atoms with Gasteiger partial charge in [0.2, 0.25) is 17.7 Å². The zero-order valence-electron chi connectivity index (χ0n) is 23.6. The minimum absolute atomic E-state index is 0.227. The van der Waals surface area contributed by atoms with Crippen molar-refractivity contribution in [2.45, 2.75) is 36.6 Å². The first-order valence-electron chi connectivity index (χ1n) is 13.8. The molecule has 1 aromatic heterocycles. The zero-order valence-corrected chi connectivity index (χ0v) is 26.8. The molecule has 2 aliphatic heterocycles. The van der Waals surface area contributed by atoms with Gasteiger partial charge in [-0.1, -0.05) is 69.4 Å². The van der Waals surface area contributed by atoms with Gasteiger partial charge in [-0.05, 0) is 67.4 Å². The van der Waals surface area contributed by atoms with Gasteiger partial charge in [-0.2, -0.15) is 0 Å². The molecule has 3 atom stereocenters. The smallest absolute Gasteiger partial charge is 0.338 e. The van der Waals surface area contributed by atoms with Crippen LogP contribution in [0.4, 0.5) is 11.4 Å². The second-order valence-corrected chi connectivity index (χ2v) is 13.4. The molecule has 4 aromatic rings. The van der Waals surface area contributed by atoms with Crippen molar-refractivity contribution in [2.75, 3.05) is 16.8 Å². The van der Waals surface area contributed by atoms with Gasteiger partial charge in [0.15, 0.2) is 0 Å². The molecule has 44 heavy (non-hydrogen) atoms. The summed E-state index contributed by atoms with van der Waals surface area (Å²) in [5.41, 5.74) is 2.97. The highest BCUT2D eigenvalue weighted by atomic mass is 79.9. The van der Waals surface area contributed by atoms with Crippen LogP contribution in [0.2, 0.25) is 0 Å². The number of amides is 3. The molecule has 1 fully saturated rings. The summed E-state index contributed by atoms with van der Waals surface area (Å²) in [7, 11) is 0. The Kier molecular flexibility index (Phi) is 8.32. The minimum Gasteiger partial charge on any atom is -0.462 e. The van der Waals surface area contributed by atoms with Crippen molar-refractivity contribution in [3.63, 3.8) is 0 Å². The Balaban J connectivity index is 1.37. The number of carbonyl (C=O) groups excluding carboxylic acids is 4. The zero-order chi connectivity index (χ0) is 31.1. The van der Waals surface area contributed by atoms with E-state index in [9.17, 15) is 24.0 Å². The molecule has 0 aliphatic carbocycles. The number of para-hydroxylation sites is 1. The molecule has 0 spiro atoms. The number of nitrogens with one attached hydrogen (secondary N) is 1. The SMILES string of the molecule is CCOC(=O)c1ccc(N2C(=O)[C@H]3[C@H](c4ccc(Br)cc4)c4sc(=O)n(CC(=O)Nc5ccccc5C)c4S[C@H]3C2=O)cc1. The number of halogens is 1. The molecule has 0 saturated carbocycles. The van der Waals surface area contributed by atoms with Crippen LogP contribution in [-0.2, 0) is 25.7 Å². The van der Waals surface area contributed by atoms with E-state index >= 15 is 0 Å². The number of carbonyl (C=O) groups is 4. The lowest BCUT2D eigenvalue weighted by Gasteiger charge is -2.30. The van der Waals surface area contributed by atoms with E-state index < -0.39 is 29.0 Å². The fraction of sp³-hybridized carbons (Fsp3) is 0.219. The number of benzene rings is 3. The first-order valence-corrected chi connectivity index (χ1v) is 16.3. The van der Waals surface area contributed by atoms with Crippen LogP contribution in [0, 0.1) is 12.8 Å². The van der Waals surface area contributed by atoms with Crippen molar-refractivity contribution >= 4 is 74.1 Å². The monoisotopic (exact) mass is 691 g/mol. The van der Waals surface area contributed by atoms with E-state index in [1.54, 1.807) is 25.1 Å². The summed E-state index contributed by atoms with van der Waals surface area (Å²) in [6.07, 6.45) is 0. The predicted octanol–water partition coefficient (Wildman–Crippen LogP) is 5.59. The van der Waals surface area contributed by atoms with Crippen LogP contribution in [0.15, 0.2) is 87.1 Å². The van der Waals surface area contributed by atoms with Crippen LogP contribution >= 0.6 is 39.0 Å². The molecule has 6 rings (SSSR count). The molecule has 9 nitrogen and oxygen atoms in total. The highest BCUT2D eigenvalue weighted by Crippen LogP contribution is 2.54. The molecule has 1 saturated heterocycles. The Labute approximate surface area is 269 Å². The third-order valence-corrected chi connectivity index (χ3v) is 10.8. The number of thiazole rings is 1. The van der Waals surface area contributed by atoms with Crippen LogP contribution in [-0.4, -0.2) is 40.1 Å². The van der Waals surface area contributed by atoms with Gasteiger partial charge in [-0.15, -0.1) is 0 Å². The molecule has 2 aliphatic rings. The number of fused-ring (bicyclic) bond motifs is 2. The second kappa shape index (κ2) is 12.2.